The van der Waals surface area contributed by atoms with Gasteiger partial charge in [-0.25, -0.2) is 0 Å². The van der Waals surface area contributed by atoms with Crippen LogP contribution in [-0.2, 0) is 9.47 Å². The Bertz CT molecular complexity index is 254. The van der Waals surface area contributed by atoms with Crippen LogP contribution in [0.3, 0.4) is 0 Å². The van der Waals surface area contributed by atoms with Crippen molar-refractivity contribution >= 4 is 0 Å². The van der Waals surface area contributed by atoms with Crippen LogP contribution in [0.4, 0.5) is 0 Å². The van der Waals surface area contributed by atoms with Gasteiger partial charge in [-0.3, -0.25) is 0 Å². The lowest BCUT2D eigenvalue weighted by Crippen LogP contribution is -2.54. The third-order valence-corrected chi connectivity index (χ3v) is 4.81. The number of nitrogens with two attached hydrogens (primary N) is 1. The average molecular weight is 255 g/mol. The van der Waals surface area contributed by atoms with Crippen molar-refractivity contribution in [1.82, 2.24) is 0 Å². The molecule has 2 rings (SSSR count). The molecule has 1 aliphatic heterocycles. The van der Waals surface area contributed by atoms with Gasteiger partial charge in [0.1, 0.15) is 0 Å². The highest BCUT2D eigenvalue weighted by Gasteiger charge is 2.43. The van der Waals surface area contributed by atoms with Crippen molar-refractivity contribution in [1.29, 1.82) is 0 Å². The summed E-state index contributed by atoms with van der Waals surface area (Å²) in [7, 11) is 0. The van der Waals surface area contributed by atoms with E-state index in [9.17, 15) is 0 Å². The minimum atomic E-state index is -0.204. The van der Waals surface area contributed by atoms with Gasteiger partial charge in [0.05, 0.1) is 12.2 Å². The van der Waals surface area contributed by atoms with Gasteiger partial charge in [-0.05, 0) is 45.4 Å². The summed E-state index contributed by atoms with van der Waals surface area (Å²) in [5, 5.41) is 0. The van der Waals surface area contributed by atoms with E-state index in [2.05, 4.69) is 6.92 Å². The second-order valence-electron chi connectivity index (χ2n) is 6.42. The standard InChI is InChI=1S/C15H29NO2/c1-3-17-12-14(2,16)13-7-10-18-15(11-13)8-5-4-6-9-15/h13H,3-12,16H2,1-2H3. The van der Waals surface area contributed by atoms with Gasteiger partial charge in [-0.2, -0.15) is 0 Å². The Morgan fingerprint density at radius 2 is 2.06 bits per heavy atom. The van der Waals surface area contributed by atoms with Crippen LogP contribution in [-0.4, -0.2) is 31.0 Å². The third-order valence-electron chi connectivity index (χ3n) is 4.81. The molecule has 0 bridgehead atoms. The van der Waals surface area contributed by atoms with Crippen LogP contribution in [0.25, 0.3) is 0 Å². The van der Waals surface area contributed by atoms with Crippen molar-refractivity contribution in [3.05, 3.63) is 0 Å². The fourth-order valence-corrected chi connectivity index (χ4v) is 3.58. The molecule has 0 amide bonds. The van der Waals surface area contributed by atoms with E-state index in [1.54, 1.807) is 0 Å². The van der Waals surface area contributed by atoms with E-state index in [-0.39, 0.29) is 11.1 Å². The lowest BCUT2D eigenvalue weighted by Gasteiger charge is -2.47. The highest BCUT2D eigenvalue weighted by atomic mass is 16.5. The largest absolute Gasteiger partial charge is 0.380 e. The molecule has 18 heavy (non-hydrogen) atoms. The summed E-state index contributed by atoms with van der Waals surface area (Å²) < 4.78 is 11.7. The molecular formula is C15H29NO2. The van der Waals surface area contributed by atoms with E-state index in [1.165, 1.54) is 32.1 Å². The Morgan fingerprint density at radius 1 is 1.33 bits per heavy atom. The SMILES string of the molecule is CCOCC(C)(N)C1CCOC2(CCCCC2)C1. The highest BCUT2D eigenvalue weighted by molar-refractivity contribution is 4.97. The van der Waals surface area contributed by atoms with E-state index in [4.69, 9.17) is 15.2 Å². The normalized spacial score (nSPS) is 31.2. The fourth-order valence-electron chi connectivity index (χ4n) is 3.58. The third kappa shape index (κ3) is 3.25. The second kappa shape index (κ2) is 5.89. The van der Waals surface area contributed by atoms with Crippen molar-refractivity contribution in [3.8, 4) is 0 Å². The average Bonchev–Trinajstić information content (AvgIpc) is 2.37. The number of hydrogen-bond donors (Lipinski definition) is 1. The topological polar surface area (TPSA) is 44.5 Å². The number of ether oxygens (including phenoxy) is 2. The first-order valence-electron chi connectivity index (χ1n) is 7.59. The maximum atomic E-state index is 6.49. The van der Waals surface area contributed by atoms with Crippen LogP contribution >= 0.6 is 0 Å². The molecule has 0 aromatic heterocycles. The molecule has 2 aliphatic rings. The summed E-state index contributed by atoms with van der Waals surface area (Å²) in [6.07, 6.45) is 8.69. The Labute approximate surface area is 111 Å². The molecule has 106 valence electrons. The minimum Gasteiger partial charge on any atom is -0.380 e. The lowest BCUT2D eigenvalue weighted by atomic mass is 9.70. The van der Waals surface area contributed by atoms with Crippen LogP contribution in [0.1, 0.15) is 58.8 Å². The fraction of sp³-hybridized carbons (Fsp3) is 1.00. The van der Waals surface area contributed by atoms with E-state index >= 15 is 0 Å². The van der Waals surface area contributed by atoms with Crippen LogP contribution in [0.5, 0.6) is 0 Å². The Balaban J connectivity index is 1.96. The first kappa shape index (κ1) is 14.3. The molecule has 1 saturated heterocycles. The molecule has 3 heteroatoms. The molecule has 2 fully saturated rings. The van der Waals surface area contributed by atoms with E-state index in [0.29, 0.717) is 12.5 Å². The van der Waals surface area contributed by atoms with Crippen molar-refractivity contribution in [2.45, 2.75) is 69.9 Å². The highest BCUT2D eigenvalue weighted by Crippen LogP contribution is 2.43. The molecule has 0 radical (unpaired) electrons. The summed E-state index contributed by atoms with van der Waals surface area (Å²) in [6, 6.07) is 0. The monoisotopic (exact) mass is 255 g/mol. The Morgan fingerprint density at radius 3 is 2.72 bits per heavy atom. The van der Waals surface area contributed by atoms with Crippen LogP contribution in [0, 0.1) is 5.92 Å². The molecule has 0 aromatic rings. The van der Waals surface area contributed by atoms with E-state index in [1.807, 2.05) is 6.92 Å². The zero-order valence-corrected chi connectivity index (χ0v) is 12.0. The summed E-state index contributed by atoms with van der Waals surface area (Å²) in [5.41, 5.74) is 6.43. The van der Waals surface area contributed by atoms with Crippen molar-refractivity contribution in [3.63, 3.8) is 0 Å². The molecule has 1 saturated carbocycles. The zero-order chi connectivity index (χ0) is 13.1. The van der Waals surface area contributed by atoms with Crippen LogP contribution in [0.15, 0.2) is 0 Å². The van der Waals surface area contributed by atoms with Crippen LogP contribution in [0.2, 0.25) is 0 Å². The van der Waals surface area contributed by atoms with Gasteiger partial charge in [0.25, 0.3) is 0 Å². The van der Waals surface area contributed by atoms with Crippen molar-refractivity contribution in [2.75, 3.05) is 19.8 Å². The Hall–Kier alpha value is -0.120. The van der Waals surface area contributed by atoms with Gasteiger partial charge >= 0.3 is 0 Å². The molecule has 2 N–H and O–H groups in total. The molecule has 0 aromatic carbocycles. The predicted octanol–water partition coefficient (Wildman–Crippen LogP) is 2.87. The quantitative estimate of drug-likeness (QED) is 0.840. The minimum absolute atomic E-state index is 0.147. The van der Waals surface area contributed by atoms with Gasteiger partial charge in [0.2, 0.25) is 0 Å². The van der Waals surface area contributed by atoms with E-state index < -0.39 is 0 Å². The maximum absolute atomic E-state index is 6.49. The van der Waals surface area contributed by atoms with Gasteiger partial charge in [-0.15, -0.1) is 0 Å². The summed E-state index contributed by atoms with van der Waals surface area (Å²) in [4.78, 5) is 0. The molecule has 3 nitrogen and oxygen atoms in total. The maximum Gasteiger partial charge on any atom is 0.0685 e. The van der Waals surface area contributed by atoms with Crippen LogP contribution < -0.4 is 5.73 Å². The Kier molecular flexibility index (Phi) is 4.68. The molecule has 1 spiro atoms. The number of rotatable bonds is 4. The van der Waals surface area contributed by atoms with Gasteiger partial charge in [-0.1, -0.05) is 19.3 Å². The molecule has 1 heterocycles. The molecular weight excluding hydrogens is 226 g/mol. The predicted molar refractivity (Wildman–Crippen MR) is 73.6 cm³/mol. The summed E-state index contributed by atoms with van der Waals surface area (Å²) >= 11 is 0. The van der Waals surface area contributed by atoms with Gasteiger partial charge in [0.15, 0.2) is 0 Å². The summed E-state index contributed by atoms with van der Waals surface area (Å²) in [6.45, 7) is 6.48. The first-order valence-corrected chi connectivity index (χ1v) is 7.59. The zero-order valence-electron chi connectivity index (χ0n) is 12.0. The second-order valence-corrected chi connectivity index (χ2v) is 6.42. The first-order chi connectivity index (χ1) is 8.58. The number of hydrogen-bond acceptors (Lipinski definition) is 3. The lowest BCUT2D eigenvalue weighted by molar-refractivity contribution is -0.130. The molecule has 2 atom stereocenters. The van der Waals surface area contributed by atoms with E-state index in [0.717, 1.165) is 26.1 Å². The van der Waals surface area contributed by atoms with Gasteiger partial charge < -0.3 is 15.2 Å². The molecule has 2 unspecified atom stereocenters. The van der Waals surface area contributed by atoms with Crippen molar-refractivity contribution in [2.24, 2.45) is 11.7 Å². The van der Waals surface area contributed by atoms with Gasteiger partial charge in [0, 0.05) is 18.8 Å². The van der Waals surface area contributed by atoms with Crippen molar-refractivity contribution < 1.29 is 9.47 Å². The molecule has 1 aliphatic carbocycles. The summed E-state index contributed by atoms with van der Waals surface area (Å²) in [5.74, 6) is 0.538. The smallest absolute Gasteiger partial charge is 0.0685 e.